The van der Waals surface area contributed by atoms with Crippen molar-refractivity contribution in [2.45, 2.75) is 32.2 Å². The third-order valence-corrected chi connectivity index (χ3v) is 4.67. The van der Waals surface area contributed by atoms with E-state index < -0.39 is 0 Å². The van der Waals surface area contributed by atoms with Crippen LogP contribution in [0.5, 0.6) is 0 Å². The van der Waals surface area contributed by atoms with E-state index in [-0.39, 0.29) is 0 Å². The molecule has 1 N–H and O–H groups in total. The Bertz CT molecular complexity index is 319. The molecular weight excluding hydrogens is 226 g/mol. The van der Waals surface area contributed by atoms with E-state index in [1.54, 1.807) is 11.3 Å². The third-order valence-electron chi connectivity index (χ3n) is 3.42. The SMILES string of the molecule is CNC(Cc1ccc(Cl)s1)C(C)C1CC1. The van der Waals surface area contributed by atoms with Crippen molar-refractivity contribution in [3.8, 4) is 0 Å². The van der Waals surface area contributed by atoms with E-state index >= 15 is 0 Å². The predicted octanol–water partition coefficient (Wildman–Crippen LogP) is 3.58. The number of halogens is 1. The Balaban J connectivity index is 1.95. The number of hydrogen-bond donors (Lipinski definition) is 1. The van der Waals surface area contributed by atoms with Crippen LogP contribution in [0.3, 0.4) is 0 Å². The Hall–Kier alpha value is -0.0500. The van der Waals surface area contributed by atoms with Crippen molar-refractivity contribution in [1.82, 2.24) is 5.32 Å². The minimum Gasteiger partial charge on any atom is -0.316 e. The van der Waals surface area contributed by atoms with Gasteiger partial charge in [0.05, 0.1) is 4.34 Å². The molecule has 1 aliphatic rings. The summed E-state index contributed by atoms with van der Waals surface area (Å²) in [4.78, 5) is 1.40. The van der Waals surface area contributed by atoms with Gasteiger partial charge in [-0.25, -0.2) is 0 Å². The normalized spacial score (nSPS) is 20.2. The van der Waals surface area contributed by atoms with Crippen LogP contribution >= 0.6 is 22.9 Å². The van der Waals surface area contributed by atoms with Gasteiger partial charge in [0.15, 0.2) is 0 Å². The lowest BCUT2D eigenvalue weighted by atomic mass is 9.94. The maximum atomic E-state index is 5.94. The predicted molar refractivity (Wildman–Crippen MR) is 67.8 cm³/mol. The molecule has 0 radical (unpaired) electrons. The molecule has 1 aromatic rings. The van der Waals surface area contributed by atoms with Crippen LogP contribution in [0.1, 0.15) is 24.6 Å². The van der Waals surface area contributed by atoms with Crippen LogP contribution in [0.2, 0.25) is 4.34 Å². The zero-order valence-corrected chi connectivity index (χ0v) is 10.9. The van der Waals surface area contributed by atoms with Gasteiger partial charge in [-0.05, 0) is 50.3 Å². The van der Waals surface area contributed by atoms with Crippen molar-refractivity contribution in [2.75, 3.05) is 7.05 Å². The van der Waals surface area contributed by atoms with Crippen LogP contribution in [0.4, 0.5) is 0 Å². The first-order valence-corrected chi connectivity index (χ1v) is 6.81. The highest BCUT2D eigenvalue weighted by molar-refractivity contribution is 7.16. The second-order valence-corrected chi connectivity index (χ2v) is 6.30. The third kappa shape index (κ3) is 2.96. The summed E-state index contributed by atoms with van der Waals surface area (Å²) < 4.78 is 0.902. The standard InChI is InChI=1S/C12H18ClNS/c1-8(9-3-4-9)11(14-2)7-10-5-6-12(13)15-10/h5-6,8-9,11,14H,3-4,7H2,1-2H3. The summed E-state index contributed by atoms with van der Waals surface area (Å²) in [7, 11) is 2.07. The topological polar surface area (TPSA) is 12.0 Å². The Morgan fingerprint density at radius 1 is 1.53 bits per heavy atom. The maximum absolute atomic E-state index is 5.94. The second kappa shape index (κ2) is 4.86. The van der Waals surface area contributed by atoms with Crippen LogP contribution in [-0.2, 0) is 6.42 Å². The van der Waals surface area contributed by atoms with Crippen molar-refractivity contribution in [2.24, 2.45) is 11.8 Å². The molecule has 15 heavy (non-hydrogen) atoms. The van der Waals surface area contributed by atoms with Gasteiger partial charge in [-0.15, -0.1) is 11.3 Å². The summed E-state index contributed by atoms with van der Waals surface area (Å²) in [6.07, 6.45) is 3.96. The molecule has 0 aliphatic heterocycles. The Kier molecular flexibility index (Phi) is 3.70. The number of likely N-dealkylation sites (N-methyl/N-ethyl adjacent to an activating group) is 1. The van der Waals surface area contributed by atoms with Crippen molar-refractivity contribution in [3.05, 3.63) is 21.3 Å². The molecule has 0 aromatic carbocycles. The molecule has 1 heterocycles. The van der Waals surface area contributed by atoms with Crippen molar-refractivity contribution in [1.29, 1.82) is 0 Å². The monoisotopic (exact) mass is 243 g/mol. The highest BCUT2D eigenvalue weighted by Crippen LogP contribution is 2.39. The van der Waals surface area contributed by atoms with Gasteiger partial charge in [-0.1, -0.05) is 18.5 Å². The van der Waals surface area contributed by atoms with Gasteiger partial charge in [0, 0.05) is 10.9 Å². The highest BCUT2D eigenvalue weighted by atomic mass is 35.5. The molecule has 1 aliphatic carbocycles. The first kappa shape index (κ1) is 11.4. The summed E-state index contributed by atoms with van der Waals surface area (Å²) in [6, 6.07) is 4.75. The molecule has 1 saturated carbocycles. The molecule has 3 heteroatoms. The van der Waals surface area contributed by atoms with E-state index in [1.165, 1.54) is 17.7 Å². The molecule has 2 unspecified atom stereocenters. The average molecular weight is 244 g/mol. The second-order valence-electron chi connectivity index (χ2n) is 4.50. The lowest BCUT2D eigenvalue weighted by Gasteiger charge is -2.22. The summed E-state index contributed by atoms with van der Waals surface area (Å²) in [6.45, 7) is 2.37. The zero-order valence-electron chi connectivity index (χ0n) is 9.29. The Morgan fingerprint density at radius 2 is 2.27 bits per heavy atom. The molecule has 1 fully saturated rings. The van der Waals surface area contributed by atoms with Crippen molar-refractivity contribution < 1.29 is 0 Å². The molecule has 1 nitrogen and oxygen atoms in total. The fraction of sp³-hybridized carbons (Fsp3) is 0.667. The zero-order chi connectivity index (χ0) is 10.8. The molecule has 2 rings (SSSR count). The van der Waals surface area contributed by atoms with Gasteiger partial charge in [-0.3, -0.25) is 0 Å². The molecule has 0 spiro atoms. The van der Waals surface area contributed by atoms with Gasteiger partial charge in [0.2, 0.25) is 0 Å². The number of thiophene rings is 1. The largest absolute Gasteiger partial charge is 0.316 e. The number of rotatable bonds is 5. The maximum Gasteiger partial charge on any atom is 0.0931 e. The van der Waals surface area contributed by atoms with E-state index in [1.807, 2.05) is 6.07 Å². The molecule has 1 aromatic heterocycles. The van der Waals surface area contributed by atoms with Crippen LogP contribution < -0.4 is 5.32 Å². The van der Waals surface area contributed by atoms with Crippen LogP contribution in [-0.4, -0.2) is 13.1 Å². The number of hydrogen-bond acceptors (Lipinski definition) is 2. The smallest absolute Gasteiger partial charge is 0.0931 e. The van der Waals surface area contributed by atoms with E-state index in [0.717, 1.165) is 22.6 Å². The van der Waals surface area contributed by atoms with E-state index in [4.69, 9.17) is 11.6 Å². The van der Waals surface area contributed by atoms with Crippen LogP contribution in [0, 0.1) is 11.8 Å². The lowest BCUT2D eigenvalue weighted by Crippen LogP contribution is -2.34. The Labute approximate surface area is 101 Å². The van der Waals surface area contributed by atoms with E-state index in [2.05, 4.69) is 25.4 Å². The first-order valence-electron chi connectivity index (χ1n) is 5.62. The minimum absolute atomic E-state index is 0.604. The summed E-state index contributed by atoms with van der Waals surface area (Å²) in [5, 5.41) is 3.44. The van der Waals surface area contributed by atoms with E-state index in [9.17, 15) is 0 Å². The highest BCUT2D eigenvalue weighted by Gasteiger charge is 2.32. The van der Waals surface area contributed by atoms with Crippen LogP contribution in [0.15, 0.2) is 12.1 Å². The molecule has 2 atom stereocenters. The molecule has 0 bridgehead atoms. The van der Waals surface area contributed by atoms with E-state index in [0.29, 0.717) is 6.04 Å². The minimum atomic E-state index is 0.604. The van der Waals surface area contributed by atoms with Crippen molar-refractivity contribution >= 4 is 22.9 Å². The molecule has 84 valence electrons. The first-order chi connectivity index (χ1) is 7.20. The Morgan fingerprint density at radius 3 is 2.73 bits per heavy atom. The number of nitrogens with one attached hydrogen (secondary N) is 1. The van der Waals surface area contributed by atoms with Gasteiger partial charge < -0.3 is 5.32 Å². The van der Waals surface area contributed by atoms with Crippen molar-refractivity contribution in [3.63, 3.8) is 0 Å². The summed E-state index contributed by atoms with van der Waals surface area (Å²) in [5.74, 6) is 1.74. The fourth-order valence-electron chi connectivity index (χ4n) is 2.18. The average Bonchev–Trinajstić information content (AvgIpc) is 2.99. The quantitative estimate of drug-likeness (QED) is 0.834. The summed E-state index contributed by atoms with van der Waals surface area (Å²) >= 11 is 7.65. The molecule has 0 saturated heterocycles. The van der Waals surface area contributed by atoms with Gasteiger partial charge >= 0.3 is 0 Å². The summed E-state index contributed by atoms with van der Waals surface area (Å²) in [5.41, 5.74) is 0. The molecular formula is C12H18ClNS. The fourth-order valence-corrected chi connectivity index (χ4v) is 3.33. The van der Waals surface area contributed by atoms with Gasteiger partial charge in [-0.2, -0.15) is 0 Å². The van der Waals surface area contributed by atoms with Gasteiger partial charge in [0.1, 0.15) is 0 Å². The lowest BCUT2D eigenvalue weighted by molar-refractivity contribution is 0.359. The van der Waals surface area contributed by atoms with Gasteiger partial charge in [0.25, 0.3) is 0 Å². The molecule has 0 amide bonds. The van der Waals surface area contributed by atoms with Crippen LogP contribution in [0.25, 0.3) is 0 Å².